The highest BCUT2D eigenvalue weighted by Gasteiger charge is 2.37. The quantitative estimate of drug-likeness (QED) is 0.669. The summed E-state index contributed by atoms with van der Waals surface area (Å²) in [6, 6.07) is 0. The number of hydrogen-bond donors (Lipinski definition) is 0. The second-order valence-electron chi connectivity index (χ2n) is 4.73. The summed E-state index contributed by atoms with van der Waals surface area (Å²) in [5.41, 5.74) is 0. The molecule has 2 bridgehead atoms. The molecule has 1 atom stereocenters. The maximum absolute atomic E-state index is 11.6. The van der Waals surface area contributed by atoms with Crippen molar-refractivity contribution in [2.45, 2.75) is 38.2 Å². The van der Waals surface area contributed by atoms with Crippen molar-refractivity contribution >= 4 is 15.9 Å². The van der Waals surface area contributed by atoms with Crippen molar-refractivity contribution in [2.24, 2.45) is 11.8 Å². The van der Waals surface area contributed by atoms with Crippen LogP contribution in [0.25, 0.3) is 0 Å². The molecule has 0 saturated heterocycles. The SMILES string of the molecule is CS(=O)(=O)OC1CC2CC(CCC1=O)C2. The average Bonchev–Trinajstić information content (AvgIpc) is 2.00. The minimum Gasteiger partial charge on any atom is -0.297 e. The van der Waals surface area contributed by atoms with Crippen molar-refractivity contribution in [1.82, 2.24) is 0 Å². The Morgan fingerprint density at radius 3 is 2.47 bits per heavy atom. The molecule has 5 heteroatoms. The van der Waals surface area contributed by atoms with Gasteiger partial charge in [-0.25, -0.2) is 0 Å². The predicted octanol–water partition coefficient (Wildman–Crippen LogP) is 1.11. The second kappa shape index (κ2) is 3.87. The molecule has 0 aromatic carbocycles. The van der Waals surface area contributed by atoms with E-state index in [0.29, 0.717) is 24.7 Å². The Kier molecular flexibility index (Phi) is 2.85. The van der Waals surface area contributed by atoms with Gasteiger partial charge in [0.15, 0.2) is 5.78 Å². The molecule has 0 N–H and O–H groups in total. The fourth-order valence-electron chi connectivity index (χ4n) is 2.55. The molecule has 15 heavy (non-hydrogen) atoms. The van der Waals surface area contributed by atoms with Crippen molar-refractivity contribution in [3.8, 4) is 0 Å². The molecule has 0 aromatic heterocycles. The van der Waals surface area contributed by atoms with Crippen molar-refractivity contribution in [3.63, 3.8) is 0 Å². The van der Waals surface area contributed by atoms with E-state index in [0.717, 1.165) is 25.5 Å². The zero-order valence-corrected chi connectivity index (χ0v) is 9.63. The third-order valence-corrected chi connectivity index (χ3v) is 3.91. The van der Waals surface area contributed by atoms with E-state index in [9.17, 15) is 13.2 Å². The molecule has 3 aliphatic rings. The first-order chi connectivity index (χ1) is 6.94. The summed E-state index contributed by atoms with van der Waals surface area (Å²) < 4.78 is 26.8. The zero-order valence-electron chi connectivity index (χ0n) is 8.81. The van der Waals surface area contributed by atoms with Crippen LogP contribution < -0.4 is 0 Å². The Balaban J connectivity index is 2.03. The van der Waals surface area contributed by atoms with E-state index in [1.807, 2.05) is 0 Å². The molecular formula is C10H16O4S. The van der Waals surface area contributed by atoms with E-state index in [1.165, 1.54) is 0 Å². The minimum absolute atomic E-state index is 0.0465. The summed E-state index contributed by atoms with van der Waals surface area (Å²) in [7, 11) is -3.51. The lowest BCUT2D eigenvalue weighted by Gasteiger charge is -2.39. The first kappa shape index (κ1) is 11.1. The second-order valence-corrected chi connectivity index (χ2v) is 6.33. The Hall–Kier alpha value is -0.420. The van der Waals surface area contributed by atoms with Gasteiger partial charge in [-0.05, 0) is 37.5 Å². The third-order valence-electron chi connectivity index (χ3n) is 3.33. The van der Waals surface area contributed by atoms with Gasteiger partial charge in [0, 0.05) is 6.42 Å². The molecule has 4 nitrogen and oxygen atoms in total. The van der Waals surface area contributed by atoms with Crippen molar-refractivity contribution in [2.75, 3.05) is 6.26 Å². The number of hydrogen-bond acceptors (Lipinski definition) is 4. The lowest BCUT2D eigenvalue weighted by Crippen LogP contribution is -2.37. The number of carbonyl (C=O) groups excluding carboxylic acids is 1. The van der Waals surface area contributed by atoms with Gasteiger partial charge in [-0.2, -0.15) is 8.42 Å². The summed E-state index contributed by atoms with van der Waals surface area (Å²) in [5, 5.41) is 0. The highest BCUT2D eigenvalue weighted by Crippen LogP contribution is 2.42. The molecule has 0 spiro atoms. The maximum atomic E-state index is 11.6. The number of rotatable bonds is 2. The van der Waals surface area contributed by atoms with Crippen molar-refractivity contribution in [3.05, 3.63) is 0 Å². The predicted molar refractivity (Wildman–Crippen MR) is 54.8 cm³/mol. The third kappa shape index (κ3) is 2.78. The minimum atomic E-state index is -3.51. The molecule has 0 radical (unpaired) electrons. The summed E-state index contributed by atoms with van der Waals surface area (Å²) in [6.07, 6.45) is 4.52. The Bertz CT molecular complexity index is 354. The van der Waals surface area contributed by atoms with E-state index >= 15 is 0 Å². The van der Waals surface area contributed by atoms with E-state index in [2.05, 4.69) is 0 Å². The van der Waals surface area contributed by atoms with Crippen molar-refractivity contribution < 1.29 is 17.4 Å². The van der Waals surface area contributed by atoms with Crippen molar-refractivity contribution in [1.29, 1.82) is 0 Å². The fourth-order valence-corrected chi connectivity index (χ4v) is 3.16. The normalized spacial score (nSPS) is 36.6. The smallest absolute Gasteiger partial charge is 0.265 e. The van der Waals surface area contributed by atoms with Gasteiger partial charge in [0.05, 0.1) is 6.26 Å². The summed E-state index contributed by atoms with van der Waals surface area (Å²) in [5.74, 6) is 1.14. The van der Waals surface area contributed by atoms with Gasteiger partial charge in [-0.3, -0.25) is 8.98 Å². The van der Waals surface area contributed by atoms with Crippen LogP contribution in [-0.4, -0.2) is 26.6 Å². The Morgan fingerprint density at radius 2 is 1.87 bits per heavy atom. The Labute approximate surface area is 90.1 Å². The number of carbonyl (C=O) groups is 1. The van der Waals surface area contributed by atoms with E-state index in [-0.39, 0.29) is 5.78 Å². The van der Waals surface area contributed by atoms with Crippen LogP contribution in [0.5, 0.6) is 0 Å². The van der Waals surface area contributed by atoms with Crippen LogP contribution in [0.3, 0.4) is 0 Å². The van der Waals surface area contributed by atoms with Crippen LogP contribution in [0.1, 0.15) is 32.1 Å². The largest absolute Gasteiger partial charge is 0.297 e. The van der Waals surface area contributed by atoms with Gasteiger partial charge in [0.1, 0.15) is 6.10 Å². The highest BCUT2D eigenvalue weighted by molar-refractivity contribution is 7.86. The summed E-state index contributed by atoms with van der Waals surface area (Å²) in [4.78, 5) is 11.6. The van der Waals surface area contributed by atoms with Crippen LogP contribution in [0.2, 0.25) is 0 Å². The van der Waals surface area contributed by atoms with Crippen LogP contribution in [0.15, 0.2) is 0 Å². The molecular weight excluding hydrogens is 216 g/mol. The molecule has 1 unspecified atom stereocenters. The van der Waals surface area contributed by atoms with Gasteiger partial charge in [-0.15, -0.1) is 0 Å². The number of ketones is 1. The van der Waals surface area contributed by atoms with Gasteiger partial charge >= 0.3 is 0 Å². The molecule has 3 fully saturated rings. The molecule has 86 valence electrons. The van der Waals surface area contributed by atoms with E-state index < -0.39 is 16.2 Å². The average molecular weight is 232 g/mol. The highest BCUT2D eigenvalue weighted by atomic mass is 32.2. The molecule has 3 rings (SSSR count). The van der Waals surface area contributed by atoms with Gasteiger partial charge < -0.3 is 0 Å². The van der Waals surface area contributed by atoms with E-state index in [4.69, 9.17) is 4.18 Å². The van der Waals surface area contributed by atoms with Gasteiger partial charge in [0.2, 0.25) is 0 Å². The number of fused-ring (bicyclic) bond motifs is 4. The molecule has 0 amide bonds. The topological polar surface area (TPSA) is 60.4 Å². The maximum Gasteiger partial charge on any atom is 0.265 e. The van der Waals surface area contributed by atoms with Crippen LogP contribution in [-0.2, 0) is 19.1 Å². The Morgan fingerprint density at radius 1 is 1.20 bits per heavy atom. The van der Waals surface area contributed by atoms with Crippen LogP contribution in [0, 0.1) is 11.8 Å². The van der Waals surface area contributed by atoms with Gasteiger partial charge in [0.25, 0.3) is 10.1 Å². The molecule has 0 aromatic rings. The van der Waals surface area contributed by atoms with E-state index in [1.54, 1.807) is 0 Å². The van der Waals surface area contributed by atoms with Gasteiger partial charge in [-0.1, -0.05) is 0 Å². The summed E-state index contributed by atoms with van der Waals surface area (Å²) in [6.45, 7) is 0. The lowest BCUT2D eigenvalue weighted by molar-refractivity contribution is -0.129. The first-order valence-corrected chi connectivity index (χ1v) is 7.16. The fraction of sp³-hybridized carbons (Fsp3) is 0.900. The zero-order chi connectivity index (χ0) is 11.1. The first-order valence-electron chi connectivity index (χ1n) is 5.35. The molecule has 0 heterocycles. The lowest BCUT2D eigenvalue weighted by atomic mass is 9.68. The standard InChI is InChI=1S/C10H16O4S/c1-15(12,13)14-10-6-8-4-7(5-8)2-3-9(10)11/h7-8,10H,2-6H2,1H3. The summed E-state index contributed by atoms with van der Waals surface area (Å²) >= 11 is 0. The molecule has 3 saturated carbocycles. The number of Topliss-reactive ketones (excluding diaryl/α,β-unsaturated/α-hetero) is 1. The monoisotopic (exact) mass is 232 g/mol. The molecule has 0 aliphatic heterocycles. The van der Waals surface area contributed by atoms with Crippen LogP contribution >= 0.6 is 0 Å². The van der Waals surface area contributed by atoms with Crippen LogP contribution in [0.4, 0.5) is 0 Å². The molecule has 3 aliphatic carbocycles.